The number of rotatable bonds is 25. The van der Waals surface area contributed by atoms with Gasteiger partial charge in [-0.25, -0.2) is 4.79 Å². The van der Waals surface area contributed by atoms with E-state index >= 15 is 0 Å². The molecular weight excluding hydrogens is 488 g/mol. The first-order valence-electron chi connectivity index (χ1n) is 14.6. The average molecular weight is 541 g/mol. The molecule has 0 aliphatic heterocycles. The van der Waals surface area contributed by atoms with Crippen molar-refractivity contribution in [1.82, 2.24) is 10.6 Å². The lowest BCUT2D eigenvalue weighted by molar-refractivity contribution is -0.147. The first kappa shape index (κ1) is 35.6. The molecule has 0 rings (SSSR count). The number of carbonyl (C=O) groups excluding carboxylic acids is 3. The first-order chi connectivity index (χ1) is 18.3. The molecule has 0 bridgehead atoms. The quantitative estimate of drug-likeness (QED) is 0.0740. The van der Waals surface area contributed by atoms with E-state index in [0.29, 0.717) is 12.8 Å². The van der Waals surface area contributed by atoms with Gasteiger partial charge in [0.25, 0.3) is 0 Å². The second-order valence-electron chi connectivity index (χ2n) is 9.84. The number of unbranched alkanes of at least 4 members (excludes halogenated alkanes) is 11. The lowest BCUT2D eigenvalue weighted by Gasteiger charge is -2.15. The molecule has 0 saturated carbocycles. The predicted octanol–water partition coefficient (Wildman–Crippen LogP) is 4.80. The minimum atomic E-state index is -1.38. The van der Waals surface area contributed by atoms with Crippen LogP contribution in [0, 0.1) is 0 Å². The predicted molar refractivity (Wildman–Crippen MR) is 149 cm³/mol. The summed E-state index contributed by atoms with van der Waals surface area (Å²) in [5.74, 6) is -2.42. The summed E-state index contributed by atoms with van der Waals surface area (Å²) in [5, 5.41) is 22.3. The molecule has 0 spiro atoms. The second kappa shape index (κ2) is 24.9. The SMILES string of the molecule is CCCC/C=C\C(CCCCCCC(=O)NCC(=O)NC(CO)C(=O)O)OC(=O)CCCCCCCCC. The lowest BCUT2D eigenvalue weighted by Crippen LogP contribution is -2.47. The Kier molecular flexibility index (Phi) is 23.3. The van der Waals surface area contributed by atoms with Crippen molar-refractivity contribution in [2.45, 2.75) is 135 Å². The summed E-state index contributed by atoms with van der Waals surface area (Å²) in [6, 6.07) is -1.38. The van der Waals surface area contributed by atoms with Gasteiger partial charge in [-0.3, -0.25) is 14.4 Å². The molecule has 0 saturated heterocycles. The fourth-order valence-electron chi connectivity index (χ4n) is 3.90. The van der Waals surface area contributed by atoms with E-state index < -0.39 is 24.5 Å². The summed E-state index contributed by atoms with van der Waals surface area (Å²) >= 11 is 0. The van der Waals surface area contributed by atoms with Crippen LogP contribution in [-0.2, 0) is 23.9 Å². The summed E-state index contributed by atoms with van der Waals surface area (Å²) in [6.07, 6.45) is 20.1. The molecule has 2 atom stereocenters. The van der Waals surface area contributed by atoms with Crippen LogP contribution in [0.15, 0.2) is 12.2 Å². The summed E-state index contributed by atoms with van der Waals surface area (Å²) in [4.78, 5) is 46.7. The van der Waals surface area contributed by atoms with Crippen LogP contribution < -0.4 is 10.6 Å². The number of hydrogen-bond donors (Lipinski definition) is 4. The molecule has 0 aliphatic rings. The van der Waals surface area contributed by atoms with Crippen LogP contribution in [0.5, 0.6) is 0 Å². The Morgan fingerprint density at radius 1 is 0.789 bits per heavy atom. The van der Waals surface area contributed by atoms with Crippen molar-refractivity contribution in [2.75, 3.05) is 13.2 Å². The summed E-state index contributed by atoms with van der Waals surface area (Å²) in [7, 11) is 0. The molecule has 38 heavy (non-hydrogen) atoms. The number of nitrogens with one attached hydrogen (secondary N) is 2. The standard InChI is InChI=1S/C29H52N2O7/c1-3-5-7-9-10-11-17-21-28(35)38-24(18-14-8-6-4-2)19-15-12-13-16-20-26(33)30-22-27(34)31-25(23-32)29(36)37/h14,18,24-25,32H,3-13,15-17,19-23H2,1-2H3,(H,30,33)(H,31,34)(H,36,37)/b18-14-. The number of hydrogen-bond acceptors (Lipinski definition) is 6. The first-order valence-corrected chi connectivity index (χ1v) is 14.6. The number of allylic oxidation sites excluding steroid dienone is 1. The molecule has 0 fully saturated rings. The maximum Gasteiger partial charge on any atom is 0.328 e. The molecule has 2 amide bonds. The molecule has 4 N–H and O–H groups in total. The number of carboxylic acid groups (broad SMARTS) is 1. The van der Waals surface area contributed by atoms with Crippen molar-refractivity contribution >= 4 is 23.8 Å². The number of ether oxygens (including phenoxy) is 1. The number of carbonyl (C=O) groups is 4. The summed E-state index contributed by atoms with van der Waals surface area (Å²) in [5.41, 5.74) is 0. The van der Waals surface area contributed by atoms with E-state index in [0.717, 1.165) is 57.8 Å². The average Bonchev–Trinajstić information content (AvgIpc) is 2.89. The Morgan fingerprint density at radius 2 is 1.39 bits per heavy atom. The molecule has 0 aromatic heterocycles. The third-order valence-corrected chi connectivity index (χ3v) is 6.25. The molecule has 2 unspecified atom stereocenters. The zero-order chi connectivity index (χ0) is 28.4. The van der Waals surface area contributed by atoms with E-state index in [1.807, 2.05) is 6.08 Å². The van der Waals surface area contributed by atoms with E-state index in [1.165, 1.54) is 32.1 Å². The van der Waals surface area contributed by atoms with Gasteiger partial charge in [0.05, 0.1) is 13.2 Å². The summed E-state index contributed by atoms with van der Waals surface area (Å²) in [6.45, 7) is 3.30. The third kappa shape index (κ3) is 21.6. The van der Waals surface area contributed by atoms with Gasteiger partial charge in [0.1, 0.15) is 12.1 Å². The molecule has 0 radical (unpaired) electrons. The van der Waals surface area contributed by atoms with Gasteiger partial charge in [0.2, 0.25) is 11.8 Å². The number of aliphatic carboxylic acids is 1. The molecule has 0 heterocycles. The van der Waals surface area contributed by atoms with Crippen molar-refractivity contribution in [3.8, 4) is 0 Å². The fourth-order valence-corrected chi connectivity index (χ4v) is 3.90. The lowest BCUT2D eigenvalue weighted by atomic mass is 10.1. The van der Waals surface area contributed by atoms with Gasteiger partial charge < -0.3 is 25.6 Å². The molecule has 9 nitrogen and oxygen atoms in total. The maximum atomic E-state index is 12.3. The molecule has 220 valence electrons. The van der Waals surface area contributed by atoms with Crippen molar-refractivity contribution in [3.63, 3.8) is 0 Å². The number of esters is 1. The zero-order valence-electron chi connectivity index (χ0n) is 23.7. The minimum absolute atomic E-state index is 0.127. The number of aliphatic hydroxyl groups is 1. The van der Waals surface area contributed by atoms with E-state index in [9.17, 15) is 19.2 Å². The van der Waals surface area contributed by atoms with Gasteiger partial charge in [0.15, 0.2) is 0 Å². The van der Waals surface area contributed by atoms with Gasteiger partial charge in [-0.2, -0.15) is 0 Å². The van der Waals surface area contributed by atoms with Crippen LogP contribution in [0.25, 0.3) is 0 Å². The van der Waals surface area contributed by atoms with E-state index in [1.54, 1.807) is 0 Å². The number of aliphatic hydroxyl groups excluding tert-OH is 1. The number of amides is 2. The van der Waals surface area contributed by atoms with Crippen molar-refractivity contribution in [2.24, 2.45) is 0 Å². The monoisotopic (exact) mass is 540 g/mol. The van der Waals surface area contributed by atoms with Crippen molar-refractivity contribution < 1.29 is 34.1 Å². The maximum absolute atomic E-state index is 12.3. The minimum Gasteiger partial charge on any atom is -0.480 e. The van der Waals surface area contributed by atoms with E-state index in [4.69, 9.17) is 14.9 Å². The normalized spacial score (nSPS) is 12.7. The highest BCUT2D eigenvalue weighted by atomic mass is 16.5. The summed E-state index contributed by atoms with van der Waals surface area (Å²) < 4.78 is 5.75. The van der Waals surface area contributed by atoms with Gasteiger partial charge in [0, 0.05) is 12.8 Å². The Bertz CT molecular complexity index is 682. The Balaban J connectivity index is 4.17. The van der Waals surface area contributed by atoms with Crippen LogP contribution in [0.3, 0.4) is 0 Å². The van der Waals surface area contributed by atoms with Gasteiger partial charge in [-0.15, -0.1) is 0 Å². The molecule has 0 aromatic carbocycles. The highest BCUT2D eigenvalue weighted by Crippen LogP contribution is 2.14. The van der Waals surface area contributed by atoms with Gasteiger partial charge in [-0.1, -0.05) is 84.1 Å². The Labute approximate surface area is 229 Å². The number of carboxylic acids is 1. The molecule has 0 aromatic rings. The van der Waals surface area contributed by atoms with Crippen molar-refractivity contribution in [3.05, 3.63) is 12.2 Å². The van der Waals surface area contributed by atoms with Gasteiger partial charge >= 0.3 is 11.9 Å². The molecule has 0 aliphatic carbocycles. The Morgan fingerprint density at radius 3 is 2.03 bits per heavy atom. The molecule has 9 heteroatoms. The largest absolute Gasteiger partial charge is 0.480 e. The zero-order valence-corrected chi connectivity index (χ0v) is 23.7. The van der Waals surface area contributed by atoms with Crippen LogP contribution in [0.2, 0.25) is 0 Å². The highest BCUT2D eigenvalue weighted by molar-refractivity contribution is 5.87. The van der Waals surface area contributed by atoms with Crippen LogP contribution in [0.1, 0.15) is 123 Å². The van der Waals surface area contributed by atoms with Crippen LogP contribution >= 0.6 is 0 Å². The van der Waals surface area contributed by atoms with Crippen LogP contribution in [0.4, 0.5) is 0 Å². The van der Waals surface area contributed by atoms with Crippen LogP contribution in [-0.4, -0.2) is 59.3 Å². The van der Waals surface area contributed by atoms with E-state index in [2.05, 4.69) is 30.6 Å². The topological polar surface area (TPSA) is 142 Å². The smallest absolute Gasteiger partial charge is 0.328 e. The fraction of sp³-hybridized carbons (Fsp3) is 0.793. The third-order valence-electron chi connectivity index (χ3n) is 6.25. The van der Waals surface area contributed by atoms with E-state index in [-0.39, 0.29) is 30.9 Å². The molecular formula is C29H52N2O7. The van der Waals surface area contributed by atoms with Gasteiger partial charge in [-0.05, 0) is 38.2 Å². The second-order valence-corrected chi connectivity index (χ2v) is 9.84. The van der Waals surface area contributed by atoms with Crippen molar-refractivity contribution in [1.29, 1.82) is 0 Å². The Hall–Kier alpha value is -2.42. The highest BCUT2D eigenvalue weighted by Gasteiger charge is 2.18.